The molecule has 0 radical (unpaired) electrons. The van der Waals surface area contributed by atoms with E-state index >= 15 is 0 Å². The van der Waals surface area contributed by atoms with Crippen molar-refractivity contribution in [1.29, 1.82) is 0 Å². The fourth-order valence-corrected chi connectivity index (χ4v) is 2.96. The van der Waals surface area contributed by atoms with Crippen molar-refractivity contribution in [2.45, 2.75) is 52.1 Å². The predicted octanol–water partition coefficient (Wildman–Crippen LogP) is 3.19. The number of halogens is 3. The lowest BCUT2D eigenvalue weighted by Crippen LogP contribution is -2.44. The van der Waals surface area contributed by atoms with Crippen molar-refractivity contribution in [2.75, 3.05) is 19.6 Å². The van der Waals surface area contributed by atoms with E-state index in [9.17, 15) is 18.0 Å². The molecule has 0 aromatic rings. The van der Waals surface area contributed by atoms with Gasteiger partial charge >= 0.3 is 6.18 Å². The number of likely N-dealkylation sites (tertiary alicyclic amines) is 1. The van der Waals surface area contributed by atoms with Crippen LogP contribution in [0.15, 0.2) is 0 Å². The summed E-state index contributed by atoms with van der Waals surface area (Å²) in [6.07, 6.45) is -1.73. The maximum Gasteiger partial charge on any atom is 0.393 e. The van der Waals surface area contributed by atoms with Crippen LogP contribution >= 0.6 is 0 Å². The van der Waals surface area contributed by atoms with Crippen LogP contribution in [-0.2, 0) is 4.79 Å². The summed E-state index contributed by atoms with van der Waals surface area (Å²) < 4.78 is 38.2. The number of piperidine rings is 1. The molecule has 0 aromatic heterocycles. The van der Waals surface area contributed by atoms with Gasteiger partial charge in [0.1, 0.15) is 0 Å². The van der Waals surface area contributed by atoms with Gasteiger partial charge in [-0.1, -0.05) is 13.8 Å². The maximum absolute atomic E-state index is 12.7. The van der Waals surface area contributed by atoms with Crippen molar-refractivity contribution in [3.63, 3.8) is 0 Å². The number of carbonyl (C=O) groups excluding carboxylic acids is 1. The zero-order valence-electron chi connectivity index (χ0n) is 13.0. The maximum atomic E-state index is 12.7. The molecule has 2 unspecified atom stereocenters. The largest absolute Gasteiger partial charge is 0.393 e. The van der Waals surface area contributed by atoms with Gasteiger partial charge < -0.3 is 10.6 Å². The molecule has 0 spiro atoms. The fraction of sp³-hybridized carbons (Fsp3) is 0.933. The third-order valence-corrected chi connectivity index (χ3v) is 4.45. The zero-order valence-corrected chi connectivity index (χ0v) is 13.0. The Morgan fingerprint density at radius 3 is 2.52 bits per heavy atom. The third-order valence-electron chi connectivity index (χ3n) is 4.45. The van der Waals surface area contributed by atoms with Crippen molar-refractivity contribution < 1.29 is 18.0 Å². The van der Waals surface area contributed by atoms with E-state index in [1.165, 1.54) is 4.90 Å². The molecule has 0 saturated carbocycles. The first-order valence-electron chi connectivity index (χ1n) is 7.80. The minimum Gasteiger partial charge on any atom is -0.342 e. The van der Waals surface area contributed by atoms with E-state index in [0.29, 0.717) is 44.2 Å². The van der Waals surface area contributed by atoms with E-state index in [1.807, 2.05) is 0 Å². The first-order chi connectivity index (χ1) is 9.75. The molecule has 1 rings (SSSR count). The Morgan fingerprint density at radius 1 is 1.33 bits per heavy atom. The first-order valence-corrected chi connectivity index (χ1v) is 7.80. The normalized spacial score (nSPS) is 21.7. The van der Waals surface area contributed by atoms with Gasteiger partial charge in [-0.2, -0.15) is 13.2 Å². The molecule has 6 heteroatoms. The van der Waals surface area contributed by atoms with Crippen LogP contribution < -0.4 is 5.73 Å². The highest BCUT2D eigenvalue weighted by molar-refractivity contribution is 5.76. The summed E-state index contributed by atoms with van der Waals surface area (Å²) in [7, 11) is 0. The Kier molecular flexibility index (Phi) is 6.97. The van der Waals surface area contributed by atoms with Gasteiger partial charge in [0.25, 0.3) is 0 Å². The van der Waals surface area contributed by atoms with E-state index < -0.39 is 12.1 Å². The molecular weight excluding hydrogens is 281 g/mol. The van der Waals surface area contributed by atoms with Crippen molar-refractivity contribution >= 4 is 5.91 Å². The van der Waals surface area contributed by atoms with Gasteiger partial charge in [0.2, 0.25) is 5.91 Å². The van der Waals surface area contributed by atoms with E-state index in [2.05, 4.69) is 13.8 Å². The van der Waals surface area contributed by atoms with Crippen molar-refractivity contribution in [2.24, 2.45) is 23.5 Å². The lowest BCUT2D eigenvalue weighted by molar-refractivity contribution is -0.188. The van der Waals surface area contributed by atoms with Gasteiger partial charge in [0.15, 0.2) is 0 Å². The van der Waals surface area contributed by atoms with E-state index in [-0.39, 0.29) is 18.9 Å². The van der Waals surface area contributed by atoms with Crippen LogP contribution in [0.2, 0.25) is 0 Å². The van der Waals surface area contributed by atoms with Crippen LogP contribution in [0.3, 0.4) is 0 Å². The quantitative estimate of drug-likeness (QED) is 0.819. The highest BCUT2D eigenvalue weighted by Crippen LogP contribution is 2.33. The van der Waals surface area contributed by atoms with Gasteiger partial charge in [-0.25, -0.2) is 0 Å². The number of nitrogens with two attached hydrogens (primary N) is 1. The molecule has 0 bridgehead atoms. The zero-order chi connectivity index (χ0) is 16.0. The standard InChI is InChI=1S/C15H27F3N2O/c1-11(2)12(7-8-19)5-6-14(21)20-9-3-4-13(10-20)15(16,17)18/h11-13H,3-10,19H2,1-2H3. The summed E-state index contributed by atoms with van der Waals surface area (Å²) in [5, 5.41) is 0. The van der Waals surface area contributed by atoms with Gasteiger partial charge in [0, 0.05) is 19.5 Å². The van der Waals surface area contributed by atoms with Crippen LogP contribution in [0.4, 0.5) is 13.2 Å². The highest BCUT2D eigenvalue weighted by atomic mass is 19.4. The molecule has 1 aliphatic heterocycles. The smallest absolute Gasteiger partial charge is 0.342 e. The number of nitrogens with zero attached hydrogens (tertiary/aromatic N) is 1. The fourth-order valence-electron chi connectivity index (χ4n) is 2.96. The summed E-state index contributed by atoms with van der Waals surface area (Å²) >= 11 is 0. The van der Waals surface area contributed by atoms with Crippen LogP contribution in [0.5, 0.6) is 0 Å². The van der Waals surface area contributed by atoms with Crippen LogP contribution in [0.1, 0.15) is 46.0 Å². The number of amides is 1. The number of rotatable bonds is 6. The van der Waals surface area contributed by atoms with Crippen molar-refractivity contribution in [3.8, 4) is 0 Å². The molecule has 1 amide bonds. The molecular formula is C15H27F3N2O. The molecule has 3 nitrogen and oxygen atoms in total. The lowest BCUT2D eigenvalue weighted by atomic mass is 9.88. The van der Waals surface area contributed by atoms with Crippen LogP contribution in [0, 0.1) is 17.8 Å². The van der Waals surface area contributed by atoms with E-state index in [0.717, 1.165) is 6.42 Å². The topological polar surface area (TPSA) is 46.3 Å². The van der Waals surface area contributed by atoms with Crippen molar-refractivity contribution in [3.05, 3.63) is 0 Å². The predicted molar refractivity (Wildman–Crippen MR) is 76.6 cm³/mol. The Balaban J connectivity index is 2.47. The summed E-state index contributed by atoms with van der Waals surface area (Å²) in [5.74, 6) is -0.709. The summed E-state index contributed by atoms with van der Waals surface area (Å²) in [6, 6.07) is 0. The average molecular weight is 308 g/mol. The second-order valence-electron chi connectivity index (χ2n) is 6.34. The van der Waals surface area contributed by atoms with Gasteiger partial charge in [-0.3, -0.25) is 4.79 Å². The van der Waals surface area contributed by atoms with Crippen LogP contribution in [-0.4, -0.2) is 36.6 Å². The molecule has 1 aliphatic rings. The Labute approximate surface area is 125 Å². The summed E-state index contributed by atoms with van der Waals surface area (Å²) in [6.45, 7) is 5.04. The highest BCUT2D eigenvalue weighted by Gasteiger charge is 2.42. The summed E-state index contributed by atoms with van der Waals surface area (Å²) in [5.41, 5.74) is 5.56. The number of hydrogen-bond donors (Lipinski definition) is 1. The van der Waals surface area contributed by atoms with Gasteiger partial charge in [-0.05, 0) is 44.1 Å². The molecule has 2 N–H and O–H groups in total. The number of carbonyl (C=O) groups is 1. The molecule has 21 heavy (non-hydrogen) atoms. The molecule has 2 atom stereocenters. The molecule has 1 fully saturated rings. The SMILES string of the molecule is CC(C)C(CCN)CCC(=O)N1CCCC(C(F)(F)F)C1. The Hall–Kier alpha value is -0.780. The Bertz CT molecular complexity index is 331. The second kappa shape index (κ2) is 8.01. The monoisotopic (exact) mass is 308 g/mol. The number of alkyl halides is 3. The molecule has 0 aromatic carbocycles. The lowest BCUT2D eigenvalue weighted by Gasteiger charge is -2.34. The van der Waals surface area contributed by atoms with Gasteiger partial charge in [-0.15, -0.1) is 0 Å². The molecule has 1 saturated heterocycles. The van der Waals surface area contributed by atoms with E-state index in [1.54, 1.807) is 0 Å². The van der Waals surface area contributed by atoms with Gasteiger partial charge in [0.05, 0.1) is 5.92 Å². The minimum atomic E-state index is -4.20. The molecule has 0 aliphatic carbocycles. The molecule has 1 heterocycles. The second-order valence-corrected chi connectivity index (χ2v) is 6.34. The van der Waals surface area contributed by atoms with Crippen molar-refractivity contribution in [1.82, 2.24) is 4.90 Å². The Morgan fingerprint density at radius 2 is 2.00 bits per heavy atom. The van der Waals surface area contributed by atoms with E-state index in [4.69, 9.17) is 5.73 Å². The third kappa shape index (κ3) is 5.85. The molecule has 124 valence electrons. The summed E-state index contributed by atoms with van der Waals surface area (Å²) in [4.78, 5) is 13.5. The first kappa shape index (κ1) is 18.3. The number of hydrogen-bond acceptors (Lipinski definition) is 2. The van der Waals surface area contributed by atoms with Crippen LogP contribution in [0.25, 0.3) is 0 Å². The average Bonchev–Trinajstić information content (AvgIpc) is 2.42. The minimum absolute atomic E-state index is 0.134.